The lowest BCUT2D eigenvalue weighted by molar-refractivity contribution is -0.122. The predicted molar refractivity (Wildman–Crippen MR) is 103 cm³/mol. The Hall–Kier alpha value is -2.13. The summed E-state index contributed by atoms with van der Waals surface area (Å²) in [6, 6.07) is 7.23. The molecule has 138 valence electrons. The zero-order valence-electron chi connectivity index (χ0n) is 14.6. The Morgan fingerprint density at radius 3 is 2.85 bits per heavy atom. The maximum atomic E-state index is 12.5. The van der Waals surface area contributed by atoms with Crippen molar-refractivity contribution in [2.45, 2.75) is 24.1 Å². The molecule has 0 radical (unpaired) electrons. The smallest absolute Gasteiger partial charge is 0.231 e. The Labute approximate surface area is 160 Å². The number of aromatic nitrogens is 2. The molecule has 0 aliphatic carbocycles. The average Bonchev–Trinajstić information content (AvgIpc) is 3.26. The number of carbonyl (C=O) groups excluding carboxylic acids is 2. The van der Waals surface area contributed by atoms with Crippen LogP contribution in [0.2, 0.25) is 0 Å². The molecule has 0 saturated carbocycles. The van der Waals surface area contributed by atoms with E-state index < -0.39 is 5.92 Å². The number of ether oxygens (including phenoxy) is 1. The van der Waals surface area contributed by atoms with Gasteiger partial charge in [-0.05, 0) is 30.7 Å². The van der Waals surface area contributed by atoms with Crippen LogP contribution in [0.3, 0.4) is 0 Å². The van der Waals surface area contributed by atoms with E-state index in [1.165, 1.54) is 11.3 Å². The predicted octanol–water partition coefficient (Wildman–Crippen LogP) is 3.04. The molecule has 1 atom stereocenters. The van der Waals surface area contributed by atoms with Crippen LogP contribution in [0, 0.1) is 5.92 Å². The van der Waals surface area contributed by atoms with Crippen molar-refractivity contribution in [2.24, 2.45) is 5.92 Å². The fourth-order valence-electron chi connectivity index (χ4n) is 2.61. The molecule has 2 heterocycles. The van der Waals surface area contributed by atoms with Gasteiger partial charge in [-0.15, -0.1) is 10.2 Å². The number of benzene rings is 1. The first-order valence-electron chi connectivity index (χ1n) is 8.32. The summed E-state index contributed by atoms with van der Waals surface area (Å²) in [5.41, 5.74) is 0.764. The highest BCUT2D eigenvalue weighted by atomic mass is 32.2. The molecule has 0 spiro atoms. The maximum absolute atomic E-state index is 12.5. The molecule has 1 fully saturated rings. The molecule has 1 aromatic carbocycles. The van der Waals surface area contributed by atoms with E-state index in [1.54, 1.807) is 35.9 Å². The van der Waals surface area contributed by atoms with E-state index >= 15 is 0 Å². The van der Waals surface area contributed by atoms with Crippen LogP contribution in [0.5, 0.6) is 5.75 Å². The summed E-state index contributed by atoms with van der Waals surface area (Å²) in [6.07, 6.45) is 1.24. The van der Waals surface area contributed by atoms with Gasteiger partial charge in [0.25, 0.3) is 0 Å². The van der Waals surface area contributed by atoms with Crippen molar-refractivity contribution < 1.29 is 14.3 Å². The number of carbonyl (C=O) groups is 2. The lowest BCUT2D eigenvalue weighted by atomic mass is 10.1. The quantitative estimate of drug-likeness (QED) is 0.576. The third-order valence-electron chi connectivity index (χ3n) is 3.95. The van der Waals surface area contributed by atoms with E-state index in [2.05, 4.69) is 22.4 Å². The second-order valence-corrected chi connectivity index (χ2v) is 8.13. The van der Waals surface area contributed by atoms with Crippen LogP contribution >= 0.6 is 23.1 Å². The Kier molecular flexibility index (Phi) is 6.10. The van der Waals surface area contributed by atoms with Gasteiger partial charge < -0.3 is 15.0 Å². The standard InChI is InChI=1S/C17H20N4O3S2/c1-3-8-25-17-20-19-16(26-17)18-15(23)11-9-14(22)21(10-11)12-4-6-13(24-2)7-5-12/h4-7,11H,3,8-10H2,1-2H3,(H,18,19,23)/t11-/m1/s1. The van der Waals surface area contributed by atoms with Gasteiger partial charge in [0.1, 0.15) is 5.75 Å². The molecule has 9 heteroatoms. The number of methoxy groups -OCH3 is 1. The summed E-state index contributed by atoms with van der Waals surface area (Å²) in [6.45, 7) is 2.45. The number of amides is 2. The van der Waals surface area contributed by atoms with Crippen LogP contribution in [0.1, 0.15) is 19.8 Å². The average molecular weight is 393 g/mol. The number of nitrogens with zero attached hydrogens (tertiary/aromatic N) is 3. The molecular formula is C17H20N4O3S2. The van der Waals surface area contributed by atoms with Gasteiger partial charge in [0.15, 0.2) is 4.34 Å². The topological polar surface area (TPSA) is 84.4 Å². The number of anilines is 2. The van der Waals surface area contributed by atoms with E-state index in [0.717, 1.165) is 28.0 Å². The fourth-order valence-corrected chi connectivity index (χ4v) is 4.29. The van der Waals surface area contributed by atoms with Crippen LogP contribution in [0.25, 0.3) is 0 Å². The van der Waals surface area contributed by atoms with Gasteiger partial charge in [-0.2, -0.15) is 0 Å². The molecule has 2 amide bonds. The lowest BCUT2D eigenvalue weighted by Gasteiger charge is -2.16. The molecule has 1 N–H and O–H groups in total. The second-order valence-electron chi connectivity index (χ2n) is 5.81. The van der Waals surface area contributed by atoms with Crippen molar-refractivity contribution in [3.05, 3.63) is 24.3 Å². The highest BCUT2D eigenvalue weighted by molar-refractivity contribution is 8.01. The molecule has 26 heavy (non-hydrogen) atoms. The zero-order valence-corrected chi connectivity index (χ0v) is 16.2. The van der Waals surface area contributed by atoms with E-state index in [-0.39, 0.29) is 18.2 Å². The van der Waals surface area contributed by atoms with Crippen molar-refractivity contribution in [1.29, 1.82) is 0 Å². The minimum absolute atomic E-state index is 0.0632. The van der Waals surface area contributed by atoms with Gasteiger partial charge in [-0.3, -0.25) is 9.59 Å². The third kappa shape index (κ3) is 4.34. The van der Waals surface area contributed by atoms with Crippen molar-refractivity contribution in [3.8, 4) is 5.75 Å². The molecule has 3 rings (SSSR count). The molecule has 2 aromatic rings. The van der Waals surface area contributed by atoms with Crippen LogP contribution in [0.4, 0.5) is 10.8 Å². The molecule has 1 aromatic heterocycles. The normalized spacial score (nSPS) is 16.8. The first-order chi connectivity index (χ1) is 12.6. The van der Waals surface area contributed by atoms with Crippen molar-refractivity contribution >= 4 is 45.7 Å². The lowest BCUT2D eigenvalue weighted by Crippen LogP contribution is -2.28. The molecule has 0 unspecified atom stereocenters. The summed E-state index contributed by atoms with van der Waals surface area (Å²) < 4.78 is 5.97. The largest absolute Gasteiger partial charge is 0.497 e. The van der Waals surface area contributed by atoms with Crippen LogP contribution in [-0.4, -0.2) is 41.4 Å². The first kappa shape index (κ1) is 18.7. The third-order valence-corrected chi connectivity index (χ3v) is 6.12. The minimum Gasteiger partial charge on any atom is -0.497 e. The van der Waals surface area contributed by atoms with Crippen LogP contribution in [-0.2, 0) is 9.59 Å². The van der Waals surface area contributed by atoms with Gasteiger partial charge in [0, 0.05) is 24.4 Å². The highest BCUT2D eigenvalue weighted by Crippen LogP contribution is 2.29. The summed E-state index contributed by atoms with van der Waals surface area (Å²) in [5.74, 6) is 1.03. The van der Waals surface area contributed by atoms with Gasteiger partial charge in [-0.25, -0.2) is 0 Å². The molecule has 0 bridgehead atoms. The van der Waals surface area contributed by atoms with E-state index in [4.69, 9.17) is 4.74 Å². The van der Waals surface area contributed by atoms with E-state index in [9.17, 15) is 9.59 Å². The zero-order chi connectivity index (χ0) is 18.5. The Balaban J connectivity index is 1.60. The maximum Gasteiger partial charge on any atom is 0.231 e. The van der Waals surface area contributed by atoms with Crippen molar-refractivity contribution in [1.82, 2.24) is 10.2 Å². The molecule has 7 nitrogen and oxygen atoms in total. The fraction of sp³-hybridized carbons (Fsp3) is 0.412. The first-order valence-corrected chi connectivity index (χ1v) is 10.1. The van der Waals surface area contributed by atoms with Gasteiger partial charge >= 0.3 is 0 Å². The number of thioether (sulfide) groups is 1. The van der Waals surface area contributed by atoms with Crippen molar-refractivity contribution in [2.75, 3.05) is 29.6 Å². The van der Waals surface area contributed by atoms with E-state index in [0.29, 0.717) is 11.7 Å². The number of nitrogens with one attached hydrogen (secondary N) is 1. The summed E-state index contributed by atoms with van der Waals surface area (Å²) in [7, 11) is 1.59. The highest BCUT2D eigenvalue weighted by Gasteiger charge is 2.35. The summed E-state index contributed by atoms with van der Waals surface area (Å²) in [4.78, 5) is 26.4. The SMILES string of the molecule is CCCSc1nnc(NC(=O)[C@@H]2CC(=O)N(c3ccc(OC)cc3)C2)s1. The van der Waals surface area contributed by atoms with Gasteiger partial charge in [0.2, 0.25) is 16.9 Å². The summed E-state index contributed by atoms with van der Waals surface area (Å²) >= 11 is 2.98. The van der Waals surface area contributed by atoms with Crippen LogP contribution in [0.15, 0.2) is 28.6 Å². The Bertz CT molecular complexity index is 779. The monoisotopic (exact) mass is 392 g/mol. The molecular weight excluding hydrogens is 372 g/mol. The molecule has 1 aliphatic rings. The number of rotatable bonds is 7. The van der Waals surface area contributed by atoms with Gasteiger partial charge in [0.05, 0.1) is 13.0 Å². The van der Waals surface area contributed by atoms with Crippen molar-refractivity contribution in [3.63, 3.8) is 0 Å². The number of hydrogen-bond donors (Lipinski definition) is 1. The van der Waals surface area contributed by atoms with Crippen LogP contribution < -0.4 is 15.0 Å². The number of hydrogen-bond acceptors (Lipinski definition) is 7. The Morgan fingerprint density at radius 2 is 2.15 bits per heavy atom. The van der Waals surface area contributed by atoms with Gasteiger partial charge in [-0.1, -0.05) is 30.0 Å². The molecule has 1 aliphatic heterocycles. The second kappa shape index (κ2) is 8.50. The minimum atomic E-state index is -0.403. The molecule has 1 saturated heterocycles. The summed E-state index contributed by atoms with van der Waals surface area (Å²) in [5, 5.41) is 11.3. The van der Waals surface area contributed by atoms with E-state index in [1.807, 2.05) is 12.1 Å². The Morgan fingerprint density at radius 1 is 1.38 bits per heavy atom.